The largest absolute Gasteiger partial charge is 0.325 e. The van der Waals surface area contributed by atoms with Crippen LogP contribution in [0.2, 0.25) is 0 Å². The van der Waals surface area contributed by atoms with Crippen molar-refractivity contribution in [2.75, 3.05) is 11.9 Å². The Labute approximate surface area is 155 Å². The van der Waals surface area contributed by atoms with E-state index in [4.69, 9.17) is 0 Å². The Hall–Kier alpha value is -1.65. The van der Waals surface area contributed by atoms with Gasteiger partial charge in [0.1, 0.15) is 0 Å². The normalized spacial score (nSPS) is 12.8. The van der Waals surface area contributed by atoms with Crippen molar-refractivity contribution in [3.8, 4) is 0 Å². The van der Waals surface area contributed by atoms with Crippen molar-refractivity contribution < 1.29 is 4.79 Å². The minimum Gasteiger partial charge on any atom is -0.325 e. The van der Waals surface area contributed by atoms with Crippen LogP contribution in [-0.2, 0) is 11.2 Å². The zero-order chi connectivity index (χ0) is 18.4. The molecule has 0 aliphatic heterocycles. The molecule has 1 aromatic carbocycles. The van der Waals surface area contributed by atoms with Crippen molar-refractivity contribution in [2.45, 2.75) is 53.5 Å². The Morgan fingerprint density at radius 1 is 1.20 bits per heavy atom. The molecule has 1 atom stereocenters. The fourth-order valence-corrected chi connectivity index (χ4v) is 3.67. The number of hydrogen-bond acceptors (Lipinski definition) is 3. The highest BCUT2D eigenvalue weighted by atomic mass is 32.1. The van der Waals surface area contributed by atoms with Gasteiger partial charge < -0.3 is 10.6 Å². The van der Waals surface area contributed by atoms with Crippen LogP contribution in [0.1, 0.15) is 56.2 Å². The number of nitrogens with one attached hydrogen (secondary N) is 2. The number of carbonyl (C=O) groups is 1. The maximum absolute atomic E-state index is 12.4. The molecule has 1 heterocycles. The van der Waals surface area contributed by atoms with Crippen molar-refractivity contribution in [3.63, 3.8) is 0 Å². The minimum atomic E-state index is -0.405. The standard InChI is InChI=1S/C21H30N2OS/c1-6-12-22-18(19-15(2)11-13-25-19)14-16-9-7-8-10-17(16)23-20(24)21(3,4)5/h7-11,13,18,22H,6,12,14H2,1-5H3,(H,23,24). The summed E-state index contributed by atoms with van der Waals surface area (Å²) in [7, 11) is 0. The predicted octanol–water partition coefficient (Wildman–Crippen LogP) is 5.32. The Bertz CT molecular complexity index is 700. The molecule has 0 saturated carbocycles. The van der Waals surface area contributed by atoms with Crippen molar-refractivity contribution in [1.82, 2.24) is 5.32 Å². The third kappa shape index (κ3) is 5.41. The first kappa shape index (κ1) is 19.7. The van der Waals surface area contributed by atoms with Crippen LogP contribution in [-0.4, -0.2) is 12.5 Å². The van der Waals surface area contributed by atoms with Crippen LogP contribution in [0.5, 0.6) is 0 Å². The monoisotopic (exact) mass is 358 g/mol. The van der Waals surface area contributed by atoms with Crippen molar-refractivity contribution in [3.05, 3.63) is 51.7 Å². The zero-order valence-electron chi connectivity index (χ0n) is 16.0. The molecule has 0 fully saturated rings. The SMILES string of the molecule is CCCNC(Cc1ccccc1NC(=O)C(C)(C)C)c1sccc1C. The quantitative estimate of drug-likeness (QED) is 0.703. The van der Waals surface area contributed by atoms with Crippen LogP contribution in [0.25, 0.3) is 0 Å². The lowest BCUT2D eigenvalue weighted by Crippen LogP contribution is -2.29. The van der Waals surface area contributed by atoms with E-state index >= 15 is 0 Å². The van der Waals surface area contributed by atoms with Gasteiger partial charge in [-0.1, -0.05) is 45.9 Å². The average Bonchev–Trinajstić information content (AvgIpc) is 2.98. The predicted molar refractivity (Wildman–Crippen MR) is 108 cm³/mol. The lowest BCUT2D eigenvalue weighted by molar-refractivity contribution is -0.123. The van der Waals surface area contributed by atoms with Crippen molar-refractivity contribution in [2.24, 2.45) is 5.41 Å². The summed E-state index contributed by atoms with van der Waals surface area (Å²) in [6.45, 7) is 11.1. The molecule has 2 N–H and O–H groups in total. The number of aryl methyl sites for hydroxylation is 1. The molecule has 1 unspecified atom stereocenters. The van der Waals surface area contributed by atoms with Gasteiger partial charge in [0.25, 0.3) is 0 Å². The van der Waals surface area contributed by atoms with Gasteiger partial charge in [-0.05, 0) is 54.9 Å². The van der Waals surface area contributed by atoms with Crippen LogP contribution >= 0.6 is 11.3 Å². The van der Waals surface area contributed by atoms with E-state index in [0.717, 1.165) is 25.1 Å². The van der Waals surface area contributed by atoms with Crippen LogP contribution < -0.4 is 10.6 Å². The topological polar surface area (TPSA) is 41.1 Å². The zero-order valence-corrected chi connectivity index (χ0v) is 16.8. The number of anilines is 1. The van der Waals surface area contributed by atoms with Gasteiger partial charge in [-0.2, -0.15) is 0 Å². The summed E-state index contributed by atoms with van der Waals surface area (Å²) in [4.78, 5) is 13.8. The number of benzene rings is 1. The fraction of sp³-hybridized carbons (Fsp3) is 0.476. The summed E-state index contributed by atoms with van der Waals surface area (Å²) < 4.78 is 0. The summed E-state index contributed by atoms with van der Waals surface area (Å²) in [5.74, 6) is 0.0466. The molecule has 0 aliphatic rings. The maximum atomic E-state index is 12.4. The number of hydrogen-bond donors (Lipinski definition) is 2. The summed E-state index contributed by atoms with van der Waals surface area (Å²) >= 11 is 1.80. The van der Waals surface area contributed by atoms with E-state index in [1.165, 1.54) is 16.0 Å². The van der Waals surface area contributed by atoms with E-state index in [9.17, 15) is 4.79 Å². The van der Waals surface area contributed by atoms with E-state index in [2.05, 4.69) is 42.0 Å². The number of thiophene rings is 1. The summed E-state index contributed by atoms with van der Waals surface area (Å²) in [6, 6.07) is 10.6. The van der Waals surface area contributed by atoms with E-state index in [1.807, 2.05) is 39.0 Å². The Morgan fingerprint density at radius 3 is 2.52 bits per heavy atom. The fourth-order valence-electron chi connectivity index (χ4n) is 2.67. The molecule has 0 bridgehead atoms. The van der Waals surface area contributed by atoms with E-state index in [1.54, 1.807) is 11.3 Å². The number of para-hydroxylation sites is 1. The molecule has 0 radical (unpaired) electrons. The summed E-state index contributed by atoms with van der Waals surface area (Å²) in [5.41, 5.74) is 3.01. The number of amides is 1. The van der Waals surface area contributed by atoms with Crippen LogP contribution in [0.15, 0.2) is 35.7 Å². The highest BCUT2D eigenvalue weighted by molar-refractivity contribution is 7.10. The second-order valence-electron chi connectivity index (χ2n) is 7.54. The van der Waals surface area contributed by atoms with Gasteiger partial charge in [0, 0.05) is 22.0 Å². The van der Waals surface area contributed by atoms with E-state index in [0.29, 0.717) is 0 Å². The van der Waals surface area contributed by atoms with Gasteiger partial charge in [-0.25, -0.2) is 0 Å². The van der Waals surface area contributed by atoms with Gasteiger partial charge in [0.05, 0.1) is 0 Å². The molecule has 0 saturated heterocycles. The molecule has 25 heavy (non-hydrogen) atoms. The van der Waals surface area contributed by atoms with Gasteiger partial charge >= 0.3 is 0 Å². The highest BCUT2D eigenvalue weighted by Crippen LogP contribution is 2.30. The molecule has 1 amide bonds. The molecule has 0 spiro atoms. The molecule has 136 valence electrons. The molecule has 0 aliphatic carbocycles. The summed E-state index contributed by atoms with van der Waals surface area (Å²) in [6.07, 6.45) is 1.96. The summed E-state index contributed by atoms with van der Waals surface area (Å²) in [5, 5.41) is 8.93. The molecule has 3 nitrogen and oxygen atoms in total. The smallest absolute Gasteiger partial charge is 0.229 e. The van der Waals surface area contributed by atoms with E-state index < -0.39 is 5.41 Å². The number of rotatable bonds is 7. The van der Waals surface area contributed by atoms with Gasteiger partial charge in [-0.15, -0.1) is 11.3 Å². The third-order valence-electron chi connectivity index (χ3n) is 4.23. The molecular formula is C21H30N2OS. The Morgan fingerprint density at radius 2 is 1.92 bits per heavy atom. The lowest BCUT2D eigenvalue weighted by atomic mass is 9.95. The first-order valence-electron chi connectivity index (χ1n) is 8.99. The van der Waals surface area contributed by atoms with E-state index in [-0.39, 0.29) is 11.9 Å². The molecule has 4 heteroatoms. The average molecular weight is 359 g/mol. The van der Waals surface area contributed by atoms with Gasteiger partial charge in [0.2, 0.25) is 5.91 Å². The molecule has 2 aromatic rings. The first-order valence-corrected chi connectivity index (χ1v) is 9.87. The van der Waals surface area contributed by atoms with Crippen LogP contribution in [0.3, 0.4) is 0 Å². The maximum Gasteiger partial charge on any atom is 0.229 e. The second kappa shape index (κ2) is 8.63. The first-order chi connectivity index (χ1) is 11.8. The Balaban J connectivity index is 2.24. The van der Waals surface area contributed by atoms with Crippen molar-refractivity contribution >= 4 is 22.9 Å². The molecule has 2 rings (SSSR count). The van der Waals surface area contributed by atoms with Gasteiger partial charge in [-0.3, -0.25) is 4.79 Å². The lowest BCUT2D eigenvalue weighted by Gasteiger charge is -2.22. The van der Waals surface area contributed by atoms with Crippen LogP contribution in [0.4, 0.5) is 5.69 Å². The van der Waals surface area contributed by atoms with Crippen LogP contribution in [0, 0.1) is 12.3 Å². The third-order valence-corrected chi connectivity index (χ3v) is 5.36. The Kier molecular flexibility index (Phi) is 6.79. The molecule has 1 aromatic heterocycles. The highest BCUT2D eigenvalue weighted by Gasteiger charge is 2.23. The second-order valence-corrected chi connectivity index (χ2v) is 8.49. The molecular weight excluding hydrogens is 328 g/mol. The minimum absolute atomic E-state index is 0.0466. The number of carbonyl (C=O) groups excluding carboxylic acids is 1. The van der Waals surface area contributed by atoms with Crippen molar-refractivity contribution in [1.29, 1.82) is 0 Å². The van der Waals surface area contributed by atoms with Gasteiger partial charge in [0.15, 0.2) is 0 Å².